The van der Waals surface area contributed by atoms with Gasteiger partial charge in [0.15, 0.2) is 0 Å². The topological polar surface area (TPSA) is 30.7 Å². The highest BCUT2D eigenvalue weighted by molar-refractivity contribution is 5.91. The van der Waals surface area contributed by atoms with Crippen LogP contribution >= 0.6 is 0 Å². The second-order valence-electron chi connectivity index (χ2n) is 4.49. The summed E-state index contributed by atoms with van der Waals surface area (Å²) in [7, 11) is 0. The average Bonchev–Trinajstić information content (AvgIpc) is 2.90. The van der Waals surface area contributed by atoms with Gasteiger partial charge in [-0.2, -0.15) is 0 Å². The van der Waals surface area contributed by atoms with Crippen LogP contribution in [0.3, 0.4) is 0 Å². The van der Waals surface area contributed by atoms with Crippen molar-refractivity contribution in [3.8, 4) is 5.69 Å². The summed E-state index contributed by atoms with van der Waals surface area (Å²) in [5, 5.41) is 10.9. The van der Waals surface area contributed by atoms with Crippen LogP contribution in [0.1, 0.15) is 0 Å². The zero-order chi connectivity index (χ0) is 12.7. The van der Waals surface area contributed by atoms with Crippen LogP contribution in [-0.4, -0.2) is 15.0 Å². The lowest BCUT2D eigenvalue weighted by Crippen LogP contribution is -1.97. The Morgan fingerprint density at radius 1 is 0.737 bits per heavy atom. The summed E-state index contributed by atoms with van der Waals surface area (Å²) in [6.45, 7) is 0. The van der Waals surface area contributed by atoms with Gasteiger partial charge < -0.3 is 0 Å². The van der Waals surface area contributed by atoms with Crippen LogP contribution in [-0.2, 0) is 0 Å². The van der Waals surface area contributed by atoms with Gasteiger partial charge >= 0.3 is 0 Å². The van der Waals surface area contributed by atoms with Crippen LogP contribution < -0.4 is 0 Å². The van der Waals surface area contributed by atoms with Gasteiger partial charge in [-0.05, 0) is 23.6 Å². The molecule has 0 atom stereocenters. The Kier molecular flexibility index (Phi) is 2.12. The number of hydrogen-bond donors (Lipinski definition) is 0. The molecule has 0 fully saturated rings. The average molecular weight is 245 g/mol. The van der Waals surface area contributed by atoms with E-state index in [9.17, 15) is 0 Å². The molecule has 19 heavy (non-hydrogen) atoms. The molecule has 1 heterocycles. The van der Waals surface area contributed by atoms with E-state index in [0.717, 1.165) is 16.7 Å². The zero-order valence-electron chi connectivity index (χ0n) is 10.2. The Labute approximate surface area is 110 Å². The summed E-state index contributed by atoms with van der Waals surface area (Å²) in [6.07, 6.45) is 0. The Balaban J connectivity index is 2.10. The minimum Gasteiger partial charge on any atom is -0.212 e. The Morgan fingerprint density at radius 3 is 2.53 bits per heavy atom. The van der Waals surface area contributed by atoms with Gasteiger partial charge in [-0.1, -0.05) is 53.7 Å². The van der Waals surface area contributed by atoms with Gasteiger partial charge in [0.1, 0.15) is 5.52 Å². The number of nitrogens with zero attached hydrogens (tertiary/aromatic N) is 3. The molecular weight excluding hydrogens is 234 g/mol. The van der Waals surface area contributed by atoms with Crippen molar-refractivity contribution in [2.45, 2.75) is 0 Å². The molecule has 0 saturated heterocycles. The third-order valence-corrected chi connectivity index (χ3v) is 3.35. The molecule has 0 bridgehead atoms. The first-order valence-corrected chi connectivity index (χ1v) is 6.22. The van der Waals surface area contributed by atoms with E-state index in [1.807, 2.05) is 47.1 Å². The van der Waals surface area contributed by atoms with E-state index in [0.29, 0.717) is 0 Å². The molecule has 0 N–H and O–H groups in total. The van der Waals surface area contributed by atoms with Crippen molar-refractivity contribution in [1.29, 1.82) is 0 Å². The quantitative estimate of drug-likeness (QED) is 0.513. The predicted molar refractivity (Wildman–Crippen MR) is 76.4 cm³/mol. The molecule has 0 aliphatic heterocycles. The maximum atomic E-state index is 4.28. The van der Waals surface area contributed by atoms with E-state index in [1.165, 1.54) is 10.8 Å². The standard InChI is InChI=1S/C16H11N3/c1-2-8-13-12(6-1)7-5-11-15(13)19-16-10-4-3-9-14(16)17-18-19/h1-11H. The van der Waals surface area contributed by atoms with Crippen molar-refractivity contribution in [3.05, 3.63) is 66.7 Å². The number of aromatic nitrogens is 3. The predicted octanol–water partition coefficient (Wildman–Crippen LogP) is 3.57. The van der Waals surface area contributed by atoms with E-state index < -0.39 is 0 Å². The third kappa shape index (κ3) is 1.52. The zero-order valence-corrected chi connectivity index (χ0v) is 10.2. The molecule has 0 spiro atoms. The summed E-state index contributed by atoms with van der Waals surface area (Å²) in [5.41, 5.74) is 3.00. The van der Waals surface area contributed by atoms with Crippen LogP contribution in [0.2, 0.25) is 0 Å². The van der Waals surface area contributed by atoms with Crippen LogP contribution in [0.4, 0.5) is 0 Å². The normalized spacial score (nSPS) is 11.2. The minimum atomic E-state index is 0.912. The maximum Gasteiger partial charge on any atom is 0.113 e. The van der Waals surface area contributed by atoms with Crippen molar-refractivity contribution < 1.29 is 0 Å². The van der Waals surface area contributed by atoms with Crippen molar-refractivity contribution in [2.24, 2.45) is 0 Å². The number of benzene rings is 3. The van der Waals surface area contributed by atoms with E-state index >= 15 is 0 Å². The van der Waals surface area contributed by atoms with Crippen molar-refractivity contribution in [2.75, 3.05) is 0 Å². The SMILES string of the molecule is c1ccc2c(-n3nnc4ccccc43)cccc2c1. The molecule has 0 unspecified atom stereocenters. The van der Waals surface area contributed by atoms with Gasteiger partial charge in [-0.25, -0.2) is 4.68 Å². The Morgan fingerprint density at radius 2 is 1.53 bits per heavy atom. The highest BCUT2D eigenvalue weighted by Gasteiger charge is 2.08. The third-order valence-electron chi connectivity index (χ3n) is 3.35. The van der Waals surface area contributed by atoms with E-state index in [2.05, 4.69) is 34.6 Å². The monoisotopic (exact) mass is 245 g/mol. The maximum absolute atomic E-state index is 4.28. The Hall–Kier alpha value is -2.68. The van der Waals surface area contributed by atoms with Crippen LogP contribution in [0, 0.1) is 0 Å². The Bertz CT molecular complexity index is 872. The summed E-state index contributed by atoms with van der Waals surface area (Å²) in [5.74, 6) is 0. The molecule has 3 nitrogen and oxygen atoms in total. The fraction of sp³-hybridized carbons (Fsp3) is 0. The summed E-state index contributed by atoms with van der Waals surface area (Å²) >= 11 is 0. The van der Waals surface area contributed by atoms with Crippen molar-refractivity contribution >= 4 is 21.8 Å². The van der Waals surface area contributed by atoms with E-state index in [4.69, 9.17) is 0 Å². The fourth-order valence-electron chi connectivity index (χ4n) is 2.44. The molecule has 0 aliphatic rings. The largest absolute Gasteiger partial charge is 0.212 e. The molecule has 3 aromatic carbocycles. The van der Waals surface area contributed by atoms with Gasteiger partial charge in [0.25, 0.3) is 0 Å². The van der Waals surface area contributed by atoms with Crippen molar-refractivity contribution in [3.63, 3.8) is 0 Å². The van der Waals surface area contributed by atoms with Crippen LogP contribution in [0.5, 0.6) is 0 Å². The smallest absolute Gasteiger partial charge is 0.113 e. The highest BCUT2D eigenvalue weighted by Crippen LogP contribution is 2.24. The summed E-state index contributed by atoms with van der Waals surface area (Å²) < 4.78 is 1.90. The lowest BCUT2D eigenvalue weighted by molar-refractivity contribution is 0.829. The molecule has 0 amide bonds. The molecule has 0 radical (unpaired) electrons. The minimum absolute atomic E-state index is 0.912. The van der Waals surface area contributed by atoms with Crippen molar-refractivity contribution in [1.82, 2.24) is 15.0 Å². The molecule has 4 aromatic rings. The summed E-state index contributed by atoms with van der Waals surface area (Å²) in [4.78, 5) is 0. The summed E-state index contributed by atoms with van der Waals surface area (Å²) in [6, 6.07) is 22.5. The number of para-hydroxylation sites is 1. The first-order valence-electron chi connectivity index (χ1n) is 6.22. The number of fused-ring (bicyclic) bond motifs is 2. The van der Waals surface area contributed by atoms with Gasteiger partial charge in [0, 0.05) is 5.39 Å². The molecule has 3 heteroatoms. The molecular formula is C16H11N3. The fourth-order valence-corrected chi connectivity index (χ4v) is 2.44. The second-order valence-corrected chi connectivity index (χ2v) is 4.49. The number of rotatable bonds is 1. The molecule has 1 aromatic heterocycles. The van der Waals surface area contributed by atoms with E-state index in [-0.39, 0.29) is 0 Å². The molecule has 4 rings (SSSR count). The molecule has 90 valence electrons. The van der Waals surface area contributed by atoms with Gasteiger partial charge in [0.2, 0.25) is 0 Å². The van der Waals surface area contributed by atoms with Gasteiger partial charge in [0.05, 0.1) is 11.2 Å². The highest BCUT2D eigenvalue weighted by atomic mass is 15.4. The molecule has 0 saturated carbocycles. The van der Waals surface area contributed by atoms with Gasteiger partial charge in [-0.15, -0.1) is 5.10 Å². The first kappa shape index (κ1) is 10.3. The second kappa shape index (κ2) is 3.92. The van der Waals surface area contributed by atoms with E-state index in [1.54, 1.807) is 0 Å². The lowest BCUT2D eigenvalue weighted by atomic mass is 10.1. The lowest BCUT2D eigenvalue weighted by Gasteiger charge is -2.06. The molecule has 0 aliphatic carbocycles. The van der Waals surface area contributed by atoms with Crippen LogP contribution in [0.15, 0.2) is 66.7 Å². The first-order chi connectivity index (χ1) is 9.43. The van der Waals surface area contributed by atoms with Gasteiger partial charge in [-0.3, -0.25) is 0 Å². The number of hydrogen-bond acceptors (Lipinski definition) is 2. The van der Waals surface area contributed by atoms with Crippen LogP contribution in [0.25, 0.3) is 27.5 Å².